The Hall–Kier alpha value is -2.02. The molecule has 1 saturated heterocycles. The zero-order valence-corrected chi connectivity index (χ0v) is 23.4. The Kier molecular flexibility index (Phi) is 8.71. The molecule has 4 aliphatic rings. The number of amides is 1. The number of carbonyl (C=O) groups excluding carboxylic acids is 1. The third-order valence-corrected chi connectivity index (χ3v) is 9.48. The van der Waals surface area contributed by atoms with Gasteiger partial charge in [0.15, 0.2) is 0 Å². The van der Waals surface area contributed by atoms with Crippen molar-refractivity contribution in [3.05, 3.63) is 23.8 Å². The minimum Gasteiger partial charge on any atom is -0.364 e. The lowest BCUT2D eigenvalue weighted by Crippen LogP contribution is -2.55. The fourth-order valence-corrected chi connectivity index (χ4v) is 7.19. The molecule has 0 aromatic heterocycles. The van der Waals surface area contributed by atoms with E-state index < -0.39 is 5.92 Å². The third-order valence-electron chi connectivity index (χ3n) is 9.48. The first kappa shape index (κ1) is 27.5. The van der Waals surface area contributed by atoms with Crippen LogP contribution in [0.5, 0.6) is 0 Å². The first-order chi connectivity index (χ1) is 18.3. The lowest BCUT2D eigenvalue weighted by Gasteiger charge is -2.39. The number of likely N-dealkylation sites (tertiary alicyclic amines) is 1. The molecule has 2 heterocycles. The highest BCUT2D eigenvalue weighted by Crippen LogP contribution is 2.39. The van der Waals surface area contributed by atoms with Crippen molar-refractivity contribution in [1.29, 1.82) is 0 Å². The molecule has 0 radical (unpaired) electrons. The van der Waals surface area contributed by atoms with Crippen LogP contribution in [0, 0.1) is 11.8 Å². The van der Waals surface area contributed by atoms with Gasteiger partial charge in [-0.2, -0.15) is 0 Å². The molecule has 0 bridgehead atoms. The summed E-state index contributed by atoms with van der Waals surface area (Å²) < 4.78 is 26.8. The number of hydrogen-bond acceptors (Lipinski definition) is 4. The minimum atomic E-state index is -2.56. The van der Waals surface area contributed by atoms with E-state index in [-0.39, 0.29) is 19.0 Å². The monoisotopic (exact) mass is 528 g/mol. The van der Waals surface area contributed by atoms with Gasteiger partial charge in [-0.25, -0.2) is 8.78 Å². The van der Waals surface area contributed by atoms with Crippen molar-refractivity contribution in [3.63, 3.8) is 0 Å². The number of aliphatic imine (C=N–C) groups is 1. The summed E-state index contributed by atoms with van der Waals surface area (Å²) in [5, 5.41) is 0. The molecule has 1 aromatic carbocycles. The Balaban J connectivity index is 1.31. The summed E-state index contributed by atoms with van der Waals surface area (Å²) >= 11 is 0. The molecule has 0 unspecified atom stereocenters. The summed E-state index contributed by atoms with van der Waals surface area (Å²) in [6.45, 7) is 6.80. The minimum absolute atomic E-state index is 0.168. The molecular formula is C31H46F2N4O. The van der Waals surface area contributed by atoms with Gasteiger partial charge in [0, 0.05) is 37.8 Å². The highest BCUT2D eigenvalue weighted by Gasteiger charge is 2.43. The van der Waals surface area contributed by atoms with Crippen molar-refractivity contribution in [2.75, 3.05) is 37.6 Å². The zero-order chi connectivity index (χ0) is 26.7. The van der Waals surface area contributed by atoms with Crippen molar-refractivity contribution >= 4 is 23.0 Å². The average Bonchev–Trinajstić information content (AvgIpc) is 2.91. The second-order valence-corrected chi connectivity index (χ2v) is 12.2. The van der Waals surface area contributed by atoms with Crippen LogP contribution in [0.3, 0.4) is 0 Å². The SMILES string of the molecule is CCC1CCC(C2=Nc3ccc(CN4CC(F)(F)C4)cc3N(CCC(=O)N(CC)C3CCCCC3)C2)CC1. The van der Waals surface area contributed by atoms with Gasteiger partial charge in [0.1, 0.15) is 0 Å². The van der Waals surface area contributed by atoms with Crippen LogP contribution in [0.25, 0.3) is 0 Å². The van der Waals surface area contributed by atoms with Gasteiger partial charge in [-0.05, 0) is 75.0 Å². The van der Waals surface area contributed by atoms with E-state index in [1.807, 2.05) is 6.07 Å². The number of rotatable bonds is 9. The molecule has 0 N–H and O–H groups in total. The average molecular weight is 529 g/mol. The van der Waals surface area contributed by atoms with Crippen molar-refractivity contribution in [2.45, 2.75) is 103 Å². The molecule has 2 aliphatic carbocycles. The summed E-state index contributed by atoms with van der Waals surface area (Å²) in [4.78, 5) is 24.8. The maximum Gasteiger partial charge on any atom is 0.272 e. The molecule has 5 nitrogen and oxygen atoms in total. The fraction of sp³-hybridized carbons (Fsp3) is 0.742. The molecule has 0 atom stereocenters. The Morgan fingerprint density at radius 1 is 1.05 bits per heavy atom. The van der Waals surface area contributed by atoms with Gasteiger partial charge in [-0.3, -0.25) is 14.7 Å². The van der Waals surface area contributed by atoms with Gasteiger partial charge < -0.3 is 9.80 Å². The van der Waals surface area contributed by atoms with E-state index in [9.17, 15) is 13.6 Å². The second-order valence-electron chi connectivity index (χ2n) is 12.2. The van der Waals surface area contributed by atoms with Crippen LogP contribution >= 0.6 is 0 Å². The van der Waals surface area contributed by atoms with Crippen LogP contribution in [0.1, 0.15) is 90.0 Å². The zero-order valence-electron chi connectivity index (χ0n) is 23.4. The highest BCUT2D eigenvalue weighted by atomic mass is 19.3. The number of halogens is 2. The number of carbonyl (C=O) groups is 1. The van der Waals surface area contributed by atoms with E-state index in [4.69, 9.17) is 4.99 Å². The number of benzene rings is 1. The van der Waals surface area contributed by atoms with Crippen molar-refractivity contribution < 1.29 is 13.6 Å². The van der Waals surface area contributed by atoms with Crippen molar-refractivity contribution in [2.24, 2.45) is 16.8 Å². The van der Waals surface area contributed by atoms with Crippen LogP contribution in [-0.4, -0.2) is 66.1 Å². The molecule has 1 aromatic rings. The van der Waals surface area contributed by atoms with E-state index in [2.05, 4.69) is 35.8 Å². The molecule has 38 heavy (non-hydrogen) atoms. The van der Waals surface area contributed by atoms with E-state index in [1.54, 1.807) is 4.90 Å². The largest absolute Gasteiger partial charge is 0.364 e. The van der Waals surface area contributed by atoms with E-state index in [1.165, 1.54) is 57.1 Å². The number of alkyl halides is 2. The first-order valence-electron chi connectivity index (χ1n) is 15.2. The number of hydrogen-bond donors (Lipinski definition) is 0. The molecule has 0 spiro atoms. The molecular weight excluding hydrogens is 482 g/mol. The van der Waals surface area contributed by atoms with Crippen molar-refractivity contribution in [1.82, 2.24) is 9.80 Å². The summed E-state index contributed by atoms with van der Waals surface area (Å²) in [6.07, 6.45) is 12.7. The van der Waals surface area contributed by atoms with Crippen molar-refractivity contribution in [3.8, 4) is 0 Å². The third kappa shape index (κ3) is 6.40. The van der Waals surface area contributed by atoms with Gasteiger partial charge in [0.25, 0.3) is 5.92 Å². The normalized spacial score (nSPS) is 25.9. The lowest BCUT2D eigenvalue weighted by atomic mass is 9.78. The van der Waals surface area contributed by atoms with Crippen LogP contribution in [0.2, 0.25) is 0 Å². The molecule has 3 fully saturated rings. The summed E-state index contributed by atoms with van der Waals surface area (Å²) in [5.41, 5.74) is 4.31. The van der Waals surface area contributed by atoms with Gasteiger partial charge in [0.05, 0.1) is 31.0 Å². The summed E-state index contributed by atoms with van der Waals surface area (Å²) in [7, 11) is 0. The molecule has 210 valence electrons. The summed E-state index contributed by atoms with van der Waals surface area (Å²) in [5.74, 6) is -0.943. The van der Waals surface area contributed by atoms with E-state index >= 15 is 0 Å². The number of fused-ring (bicyclic) bond motifs is 1. The first-order valence-corrected chi connectivity index (χ1v) is 15.2. The lowest BCUT2D eigenvalue weighted by molar-refractivity contribution is -0.134. The van der Waals surface area contributed by atoms with Gasteiger partial charge >= 0.3 is 0 Å². The van der Waals surface area contributed by atoms with E-state index in [0.717, 1.165) is 48.8 Å². The second kappa shape index (κ2) is 12.0. The standard InChI is InChI=1S/C31H46F2N4O/c1-3-23-10-13-25(14-11-23)28-20-36(17-16-30(38)37(4-2)26-8-6-5-7-9-26)29-18-24(12-15-27(29)34-28)19-35-21-31(32,33)22-35/h12,15,18,23,25-26H,3-11,13-14,16-17,19-22H2,1-2H3. The molecule has 1 amide bonds. The topological polar surface area (TPSA) is 39.1 Å². The van der Waals surface area contributed by atoms with Gasteiger partial charge in [0.2, 0.25) is 5.91 Å². The predicted molar refractivity (Wildman–Crippen MR) is 151 cm³/mol. The predicted octanol–water partition coefficient (Wildman–Crippen LogP) is 6.82. The van der Waals surface area contributed by atoms with Crippen LogP contribution in [0.15, 0.2) is 23.2 Å². The molecule has 7 heteroatoms. The molecule has 5 rings (SSSR count). The molecule has 2 saturated carbocycles. The van der Waals surface area contributed by atoms with Crippen LogP contribution < -0.4 is 4.90 Å². The Labute approximate surface area is 227 Å². The quantitative estimate of drug-likeness (QED) is 0.353. The number of nitrogens with zero attached hydrogens (tertiary/aromatic N) is 4. The maximum atomic E-state index is 13.4. The van der Waals surface area contributed by atoms with Gasteiger partial charge in [-0.15, -0.1) is 0 Å². The Morgan fingerprint density at radius 2 is 1.79 bits per heavy atom. The Morgan fingerprint density at radius 3 is 2.45 bits per heavy atom. The Bertz CT molecular complexity index is 990. The number of anilines is 1. The highest BCUT2D eigenvalue weighted by molar-refractivity contribution is 5.97. The maximum absolute atomic E-state index is 13.4. The smallest absolute Gasteiger partial charge is 0.272 e. The van der Waals surface area contributed by atoms with Crippen LogP contribution in [0.4, 0.5) is 20.2 Å². The fourth-order valence-electron chi connectivity index (χ4n) is 7.19. The van der Waals surface area contributed by atoms with E-state index in [0.29, 0.717) is 31.5 Å². The summed E-state index contributed by atoms with van der Waals surface area (Å²) in [6, 6.07) is 6.63. The van der Waals surface area contributed by atoms with Gasteiger partial charge in [-0.1, -0.05) is 38.7 Å². The molecule has 2 aliphatic heterocycles. The van der Waals surface area contributed by atoms with Crippen LogP contribution in [-0.2, 0) is 11.3 Å².